The van der Waals surface area contributed by atoms with Crippen molar-refractivity contribution in [3.05, 3.63) is 41.0 Å². The van der Waals surface area contributed by atoms with Crippen LogP contribution < -0.4 is 0 Å². The summed E-state index contributed by atoms with van der Waals surface area (Å²) in [6, 6.07) is 9.26. The molecule has 0 N–H and O–H groups in total. The number of halogens is 1. The molecule has 2 rings (SSSR count). The molecule has 0 fully saturated rings. The first kappa shape index (κ1) is 10.9. The van der Waals surface area contributed by atoms with Gasteiger partial charge in [0.15, 0.2) is 0 Å². The molecule has 82 valence electrons. The highest BCUT2D eigenvalue weighted by Gasteiger charge is 2.08. The topological polar surface area (TPSA) is 39.2 Å². The Morgan fingerprint density at radius 1 is 1.44 bits per heavy atom. The van der Waals surface area contributed by atoms with Gasteiger partial charge in [0.25, 0.3) is 0 Å². The van der Waals surface area contributed by atoms with Crippen LogP contribution in [0, 0.1) is 0 Å². The van der Waals surface area contributed by atoms with Crippen molar-refractivity contribution < 1.29 is 9.53 Å². The van der Waals surface area contributed by atoms with E-state index in [2.05, 4.69) is 9.72 Å². The maximum absolute atomic E-state index is 11.3. The number of aromatic nitrogens is 1. The number of carbonyl (C=O) groups excluding carboxylic acids is 1. The smallest absolute Gasteiger partial charge is 0.310 e. The van der Waals surface area contributed by atoms with Crippen molar-refractivity contribution in [1.29, 1.82) is 0 Å². The molecule has 1 aromatic carbocycles. The highest BCUT2D eigenvalue weighted by molar-refractivity contribution is 6.30. The van der Waals surface area contributed by atoms with Crippen LogP contribution in [-0.2, 0) is 16.0 Å². The van der Waals surface area contributed by atoms with E-state index in [1.165, 1.54) is 7.11 Å². The summed E-state index contributed by atoms with van der Waals surface area (Å²) in [5.74, 6) is -0.285. The van der Waals surface area contributed by atoms with Gasteiger partial charge in [-0.1, -0.05) is 29.8 Å². The molecule has 0 amide bonds. The first-order chi connectivity index (χ1) is 7.70. The van der Waals surface area contributed by atoms with Gasteiger partial charge in [-0.15, -0.1) is 0 Å². The lowest BCUT2D eigenvalue weighted by Gasteiger charge is -2.05. The number of hydrogen-bond acceptors (Lipinski definition) is 3. The maximum Gasteiger partial charge on any atom is 0.310 e. The molecule has 0 spiro atoms. The molecule has 0 atom stereocenters. The van der Waals surface area contributed by atoms with E-state index in [0.717, 1.165) is 16.5 Å². The van der Waals surface area contributed by atoms with E-state index < -0.39 is 0 Å². The molecule has 0 saturated heterocycles. The van der Waals surface area contributed by atoms with Crippen molar-refractivity contribution in [1.82, 2.24) is 4.98 Å². The van der Waals surface area contributed by atoms with Crippen LogP contribution in [0.1, 0.15) is 5.56 Å². The number of nitrogens with zero attached hydrogens (tertiary/aromatic N) is 1. The zero-order chi connectivity index (χ0) is 11.5. The molecule has 16 heavy (non-hydrogen) atoms. The van der Waals surface area contributed by atoms with Crippen LogP contribution in [0.5, 0.6) is 0 Å². The number of benzene rings is 1. The van der Waals surface area contributed by atoms with Crippen LogP contribution in [0.25, 0.3) is 10.9 Å². The zero-order valence-corrected chi connectivity index (χ0v) is 9.49. The van der Waals surface area contributed by atoms with Gasteiger partial charge in [0.2, 0.25) is 0 Å². The Hall–Kier alpha value is -1.61. The van der Waals surface area contributed by atoms with Crippen molar-refractivity contribution in [2.75, 3.05) is 7.11 Å². The highest BCUT2D eigenvalue weighted by atomic mass is 35.5. The second-order valence-corrected chi connectivity index (χ2v) is 3.76. The predicted octanol–water partition coefficient (Wildman–Crippen LogP) is 2.60. The van der Waals surface area contributed by atoms with Crippen molar-refractivity contribution in [2.24, 2.45) is 0 Å². The lowest BCUT2D eigenvalue weighted by molar-refractivity contribution is -0.139. The second kappa shape index (κ2) is 4.49. The SMILES string of the molecule is COC(=O)Cc1cc(Cl)nc2ccccc12. The second-order valence-electron chi connectivity index (χ2n) is 3.37. The van der Waals surface area contributed by atoms with Crippen LogP contribution >= 0.6 is 11.6 Å². The summed E-state index contributed by atoms with van der Waals surface area (Å²) < 4.78 is 4.64. The molecule has 0 aliphatic carbocycles. The Morgan fingerprint density at radius 2 is 2.19 bits per heavy atom. The maximum atomic E-state index is 11.3. The minimum atomic E-state index is -0.285. The summed E-state index contributed by atoms with van der Waals surface area (Å²) in [4.78, 5) is 15.4. The first-order valence-electron chi connectivity index (χ1n) is 4.81. The molecule has 0 aliphatic rings. The monoisotopic (exact) mass is 235 g/mol. The number of fused-ring (bicyclic) bond motifs is 1. The zero-order valence-electron chi connectivity index (χ0n) is 8.74. The summed E-state index contributed by atoms with van der Waals surface area (Å²) in [6.45, 7) is 0. The van der Waals surface area contributed by atoms with Crippen LogP contribution in [-0.4, -0.2) is 18.1 Å². The third-order valence-electron chi connectivity index (χ3n) is 2.33. The number of para-hydroxylation sites is 1. The Morgan fingerprint density at radius 3 is 2.94 bits per heavy atom. The standard InChI is InChI=1S/C12H10ClNO2/c1-16-12(15)7-8-6-11(13)14-10-5-3-2-4-9(8)10/h2-6H,7H2,1H3. The summed E-state index contributed by atoms with van der Waals surface area (Å²) in [5, 5.41) is 1.31. The van der Waals surface area contributed by atoms with E-state index in [4.69, 9.17) is 11.6 Å². The number of methoxy groups -OCH3 is 1. The number of rotatable bonds is 2. The average Bonchev–Trinajstić information content (AvgIpc) is 2.28. The van der Waals surface area contributed by atoms with Crippen LogP contribution in [0.2, 0.25) is 5.15 Å². The normalized spacial score (nSPS) is 10.4. The number of hydrogen-bond donors (Lipinski definition) is 0. The summed E-state index contributed by atoms with van der Waals surface area (Å²) in [6.07, 6.45) is 0.208. The summed E-state index contributed by atoms with van der Waals surface area (Å²) in [7, 11) is 1.37. The van der Waals surface area contributed by atoms with Gasteiger partial charge >= 0.3 is 5.97 Å². The van der Waals surface area contributed by atoms with E-state index in [1.807, 2.05) is 24.3 Å². The van der Waals surface area contributed by atoms with Gasteiger partial charge in [-0.2, -0.15) is 0 Å². The van der Waals surface area contributed by atoms with Crippen molar-refractivity contribution in [2.45, 2.75) is 6.42 Å². The fourth-order valence-corrected chi connectivity index (χ4v) is 1.81. The molecule has 3 nitrogen and oxygen atoms in total. The third-order valence-corrected chi connectivity index (χ3v) is 2.53. The summed E-state index contributed by atoms with van der Waals surface area (Å²) in [5.41, 5.74) is 1.62. The molecule has 4 heteroatoms. The molecule has 0 saturated carbocycles. The lowest BCUT2D eigenvalue weighted by atomic mass is 10.1. The predicted molar refractivity (Wildman–Crippen MR) is 62.5 cm³/mol. The van der Waals surface area contributed by atoms with Crippen molar-refractivity contribution in [3.8, 4) is 0 Å². The molecular weight excluding hydrogens is 226 g/mol. The Balaban J connectivity index is 2.54. The first-order valence-corrected chi connectivity index (χ1v) is 5.19. The Bertz CT molecular complexity index is 540. The molecule has 0 bridgehead atoms. The minimum Gasteiger partial charge on any atom is -0.469 e. The van der Waals surface area contributed by atoms with Crippen LogP contribution in [0.15, 0.2) is 30.3 Å². The van der Waals surface area contributed by atoms with Gasteiger partial charge in [-0.25, -0.2) is 4.98 Å². The molecule has 2 aromatic rings. The molecule has 1 aromatic heterocycles. The Labute approximate surface area is 98.0 Å². The van der Waals surface area contributed by atoms with E-state index in [0.29, 0.717) is 5.15 Å². The van der Waals surface area contributed by atoms with Gasteiger partial charge in [0.05, 0.1) is 19.0 Å². The molecular formula is C12H10ClNO2. The van der Waals surface area contributed by atoms with E-state index in [9.17, 15) is 4.79 Å². The molecule has 0 radical (unpaired) electrons. The van der Waals surface area contributed by atoms with E-state index >= 15 is 0 Å². The van der Waals surface area contributed by atoms with Crippen molar-refractivity contribution >= 4 is 28.5 Å². The number of esters is 1. The quantitative estimate of drug-likeness (QED) is 0.593. The van der Waals surface area contributed by atoms with Gasteiger partial charge in [0.1, 0.15) is 5.15 Å². The average molecular weight is 236 g/mol. The lowest BCUT2D eigenvalue weighted by Crippen LogP contribution is -2.05. The van der Waals surface area contributed by atoms with Gasteiger partial charge in [-0.3, -0.25) is 4.79 Å². The third kappa shape index (κ3) is 2.14. The van der Waals surface area contributed by atoms with Gasteiger partial charge < -0.3 is 4.74 Å². The molecule has 1 heterocycles. The van der Waals surface area contributed by atoms with Crippen molar-refractivity contribution in [3.63, 3.8) is 0 Å². The number of ether oxygens (including phenoxy) is 1. The number of pyridine rings is 1. The van der Waals surface area contributed by atoms with E-state index in [-0.39, 0.29) is 12.4 Å². The van der Waals surface area contributed by atoms with E-state index in [1.54, 1.807) is 6.07 Å². The van der Waals surface area contributed by atoms with Crippen LogP contribution in [0.3, 0.4) is 0 Å². The minimum absolute atomic E-state index is 0.208. The number of carbonyl (C=O) groups is 1. The van der Waals surface area contributed by atoms with Crippen LogP contribution in [0.4, 0.5) is 0 Å². The van der Waals surface area contributed by atoms with Gasteiger partial charge in [-0.05, 0) is 17.7 Å². The molecule has 0 aliphatic heterocycles. The van der Waals surface area contributed by atoms with Gasteiger partial charge in [0, 0.05) is 5.39 Å². The Kier molecular flexibility index (Phi) is 3.06. The largest absolute Gasteiger partial charge is 0.469 e. The highest BCUT2D eigenvalue weighted by Crippen LogP contribution is 2.21. The fourth-order valence-electron chi connectivity index (χ4n) is 1.59. The molecule has 0 unspecified atom stereocenters. The summed E-state index contributed by atoms with van der Waals surface area (Å²) >= 11 is 5.89. The fraction of sp³-hybridized carbons (Fsp3) is 0.167.